The summed E-state index contributed by atoms with van der Waals surface area (Å²) in [5.41, 5.74) is 13.1. The van der Waals surface area contributed by atoms with Crippen LogP contribution >= 0.6 is 0 Å². The molecule has 0 fully saturated rings. The lowest BCUT2D eigenvalue weighted by Crippen LogP contribution is -1.98. The Bertz CT molecular complexity index is 1200. The number of nitrogens with two attached hydrogens (primary N) is 1. The van der Waals surface area contributed by atoms with Gasteiger partial charge in [-0.15, -0.1) is 0 Å². The molecule has 0 amide bonds. The van der Waals surface area contributed by atoms with E-state index in [4.69, 9.17) is 10.5 Å². The zero-order valence-corrected chi connectivity index (χ0v) is 15.9. The van der Waals surface area contributed by atoms with Gasteiger partial charge in [0.25, 0.3) is 0 Å². The van der Waals surface area contributed by atoms with Gasteiger partial charge in [0, 0.05) is 34.9 Å². The largest absolute Gasteiger partial charge is 0.497 e. The van der Waals surface area contributed by atoms with E-state index < -0.39 is 0 Å². The highest BCUT2D eigenvalue weighted by Gasteiger charge is 2.14. The van der Waals surface area contributed by atoms with Crippen LogP contribution in [0.5, 0.6) is 5.75 Å². The maximum atomic E-state index is 9.36. The van der Waals surface area contributed by atoms with E-state index in [1.54, 1.807) is 7.11 Å². The number of benzene rings is 3. The molecular weight excluding hydrogens is 346 g/mol. The monoisotopic (exact) mass is 367 g/mol. The molecule has 4 rings (SSSR count). The number of hydrogen-bond acceptors (Lipinski definition) is 3. The first-order chi connectivity index (χ1) is 13.6. The summed E-state index contributed by atoms with van der Waals surface area (Å²) < 4.78 is 7.47. The van der Waals surface area contributed by atoms with Crippen molar-refractivity contribution >= 4 is 16.6 Å². The van der Waals surface area contributed by atoms with Crippen molar-refractivity contribution in [1.29, 1.82) is 5.26 Å². The van der Waals surface area contributed by atoms with Crippen molar-refractivity contribution in [2.24, 2.45) is 0 Å². The van der Waals surface area contributed by atoms with Gasteiger partial charge in [-0.25, -0.2) is 0 Å². The van der Waals surface area contributed by atoms with Gasteiger partial charge in [0.2, 0.25) is 0 Å². The molecule has 0 aliphatic carbocycles. The molecule has 0 saturated carbocycles. The first-order valence-electron chi connectivity index (χ1n) is 9.12. The van der Waals surface area contributed by atoms with Crippen molar-refractivity contribution in [2.75, 3.05) is 12.8 Å². The summed E-state index contributed by atoms with van der Waals surface area (Å²) in [7, 11) is 1.67. The van der Waals surface area contributed by atoms with E-state index in [1.807, 2.05) is 49.4 Å². The molecule has 0 aliphatic rings. The topological polar surface area (TPSA) is 64.0 Å². The molecule has 1 aromatic heterocycles. The summed E-state index contributed by atoms with van der Waals surface area (Å²) in [6, 6.07) is 22.1. The van der Waals surface area contributed by atoms with Gasteiger partial charge in [-0.2, -0.15) is 5.26 Å². The van der Waals surface area contributed by atoms with E-state index in [9.17, 15) is 5.26 Å². The number of methoxy groups -OCH3 is 1. The fourth-order valence-electron chi connectivity index (χ4n) is 3.59. The Kier molecular flexibility index (Phi) is 4.50. The van der Waals surface area contributed by atoms with E-state index in [2.05, 4.69) is 35.0 Å². The van der Waals surface area contributed by atoms with Gasteiger partial charge in [0.1, 0.15) is 5.75 Å². The molecule has 0 atom stereocenters. The van der Waals surface area contributed by atoms with E-state index in [-0.39, 0.29) is 0 Å². The van der Waals surface area contributed by atoms with Crippen molar-refractivity contribution < 1.29 is 4.74 Å². The van der Waals surface area contributed by atoms with Crippen LogP contribution in [0.4, 0.5) is 5.69 Å². The fraction of sp³-hybridized carbons (Fsp3) is 0.125. The van der Waals surface area contributed by atoms with Crippen molar-refractivity contribution in [3.8, 4) is 22.9 Å². The van der Waals surface area contributed by atoms with Crippen LogP contribution < -0.4 is 10.5 Å². The van der Waals surface area contributed by atoms with Gasteiger partial charge in [-0.1, -0.05) is 24.3 Å². The highest BCUT2D eigenvalue weighted by atomic mass is 16.5. The Hall–Kier alpha value is -3.71. The van der Waals surface area contributed by atoms with Crippen LogP contribution in [-0.2, 0) is 6.54 Å². The highest BCUT2D eigenvalue weighted by molar-refractivity contribution is 5.98. The maximum absolute atomic E-state index is 9.36. The molecule has 138 valence electrons. The van der Waals surface area contributed by atoms with Crippen LogP contribution in [0.1, 0.15) is 16.7 Å². The fourth-order valence-corrected chi connectivity index (χ4v) is 3.59. The molecule has 4 heteroatoms. The van der Waals surface area contributed by atoms with Crippen LogP contribution in [0.3, 0.4) is 0 Å². The summed E-state index contributed by atoms with van der Waals surface area (Å²) in [5, 5.41) is 10.4. The summed E-state index contributed by atoms with van der Waals surface area (Å²) >= 11 is 0. The predicted molar refractivity (Wildman–Crippen MR) is 113 cm³/mol. The van der Waals surface area contributed by atoms with Crippen LogP contribution in [0, 0.1) is 18.3 Å². The summed E-state index contributed by atoms with van der Waals surface area (Å²) in [5.74, 6) is 0.843. The Morgan fingerprint density at radius 1 is 1.04 bits per heavy atom. The quantitative estimate of drug-likeness (QED) is 0.509. The number of hydrogen-bond donors (Lipinski definition) is 1. The lowest BCUT2D eigenvalue weighted by Gasteiger charge is -2.07. The number of rotatable bonds is 4. The molecule has 0 spiro atoms. The van der Waals surface area contributed by atoms with E-state index in [1.165, 1.54) is 5.56 Å². The lowest BCUT2D eigenvalue weighted by atomic mass is 9.98. The average molecular weight is 367 g/mol. The molecule has 2 N–H and O–H groups in total. The zero-order chi connectivity index (χ0) is 19.7. The van der Waals surface area contributed by atoms with Gasteiger partial charge in [0.15, 0.2) is 0 Å². The van der Waals surface area contributed by atoms with Gasteiger partial charge in [-0.05, 0) is 60.0 Å². The first kappa shape index (κ1) is 17.7. The first-order valence-corrected chi connectivity index (χ1v) is 9.12. The number of nitriles is 1. The average Bonchev–Trinajstić information content (AvgIpc) is 3.08. The molecule has 1 heterocycles. The zero-order valence-electron chi connectivity index (χ0n) is 15.9. The van der Waals surface area contributed by atoms with Crippen molar-refractivity contribution in [2.45, 2.75) is 13.5 Å². The van der Waals surface area contributed by atoms with E-state index in [0.717, 1.165) is 45.6 Å². The number of ether oxygens (including phenoxy) is 1. The number of nitrogens with zero attached hydrogens (tertiary/aromatic N) is 2. The number of fused-ring (bicyclic) bond motifs is 1. The molecule has 0 bridgehead atoms. The third kappa shape index (κ3) is 3.08. The molecule has 0 unspecified atom stereocenters. The molecule has 3 aromatic carbocycles. The highest BCUT2D eigenvalue weighted by Crippen LogP contribution is 2.35. The molecule has 0 aliphatic heterocycles. The molecule has 4 aromatic rings. The van der Waals surface area contributed by atoms with Crippen molar-refractivity contribution in [1.82, 2.24) is 4.57 Å². The second-order valence-corrected chi connectivity index (χ2v) is 6.88. The molecule has 4 nitrogen and oxygen atoms in total. The summed E-state index contributed by atoms with van der Waals surface area (Å²) in [4.78, 5) is 0. The SMILES string of the molecule is COc1ccc(Cn2cc(-c3cccc(N)c3C)c3cc(C#N)ccc32)cc1. The Morgan fingerprint density at radius 3 is 2.54 bits per heavy atom. The van der Waals surface area contributed by atoms with Gasteiger partial charge in [0.05, 0.1) is 18.7 Å². The molecule has 0 saturated heterocycles. The normalized spacial score (nSPS) is 10.8. The minimum absolute atomic E-state index is 0.650. The molecule has 0 radical (unpaired) electrons. The number of nitrogen functional groups attached to an aromatic ring is 1. The van der Waals surface area contributed by atoms with E-state index in [0.29, 0.717) is 5.56 Å². The van der Waals surface area contributed by atoms with Crippen LogP contribution in [0.15, 0.2) is 66.9 Å². The standard InChI is InChI=1S/C24H21N3O/c1-16-20(4-3-5-23(16)26)22-15-27(14-17-6-9-19(28-2)10-7-17)24-11-8-18(13-25)12-21(22)24/h3-12,15H,14,26H2,1-2H3. The van der Waals surface area contributed by atoms with Gasteiger partial charge < -0.3 is 15.0 Å². The third-order valence-electron chi connectivity index (χ3n) is 5.19. The van der Waals surface area contributed by atoms with Gasteiger partial charge >= 0.3 is 0 Å². The summed E-state index contributed by atoms with van der Waals surface area (Å²) in [6.45, 7) is 2.76. The second kappa shape index (κ2) is 7.13. The Balaban J connectivity index is 1.87. The Morgan fingerprint density at radius 2 is 1.82 bits per heavy atom. The van der Waals surface area contributed by atoms with Crippen LogP contribution in [0.25, 0.3) is 22.0 Å². The minimum atomic E-state index is 0.650. The van der Waals surface area contributed by atoms with Gasteiger partial charge in [-0.3, -0.25) is 0 Å². The maximum Gasteiger partial charge on any atom is 0.118 e. The van der Waals surface area contributed by atoms with Crippen LogP contribution in [0.2, 0.25) is 0 Å². The van der Waals surface area contributed by atoms with Crippen LogP contribution in [-0.4, -0.2) is 11.7 Å². The van der Waals surface area contributed by atoms with E-state index >= 15 is 0 Å². The molecule has 28 heavy (non-hydrogen) atoms. The minimum Gasteiger partial charge on any atom is -0.497 e. The summed E-state index contributed by atoms with van der Waals surface area (Å²) in [6.07, 6.45) is 2.15. The number of aromatic nitrogens is 1. The van der Waals surface area contributed by atoms with Crippen molar-refractivity contribution in [3.63, 3.8) is 0 Å². The third-order valence-corrected chi connectivity index (χ3v) is 5.19. The lowest BCUT2D eigenvalue weighted by molar-refractivity contribution is 0.414. The predicted octanol–water partition coefficient (Wildman–Crippen LogP) is 5.13. The smallest absolute Gasteiger partial charge is 0.118 e. The van der Waals surface area contributed by atoms with Crippen molar-refractivity contribution in [3.05, 3.63) is 83.6 Å². The Labute approximate surface area is 164 Å². The second-order valence-electron chi connectivity index (χ2n) is 6.88. The number of anilines is 1. The molecular formula is C24H21N3O.